The van der Waals surface area contributed by atoms with E-state index >= 15 is 0 Å². The zero-order chi connectivity index (χ0) is 15.4. The topological polar surface area (TPSA) is 120 Å². The molecule has 114 valence electrons. The second-order valence-corrected chi connectivity index (χ2v) is 5.75. The molecule has 0 aromatic carbocycles. The number of carbonyl (C=O) groups excluding carboxylic acids is 1. The lowest BCUT2D eigenvalue weighted by Crippen LogP contribution is -2.41. The molecule has 0 unspecified atom stereocenters. The molecule has 0 bridgehead atoms. The molecule has 1 aliphatic rings. The first kappa shape index (κ1) is 15.2. The van der Waals surface area contributed by atoms with Crippen LogP contribution in [0.3, 0.4) is 0 Å². The molecular weight excluding hydrogens is 298 g/mol. The Morgan fingerprint density at radius 1 is 1.14 bits per heavy atom. The van der Waals surface area contributed by atoms with Gasteiger partial charge in [0, 0.05) is 4.88 Å². The number of aromatic nitrogens is 1. The Morgan fingerprint density at radius 3 is 2.33 bits per heavy atom. The van der Waals surface area contributed by atoms with E-state index in [1.807, 2.05) is 0 Å². The van der Waals surface area contributed by atoms with Gasteiger partial charge in [-0.1, -0.05) is 0 Å². The lowest BCUT2D eigenvalue weighted by molar-refractivity contribution is -0.140. The molecule has 0 aliphatic heterocycles. The number of aliphatic carboxylic acids is 2. The summed E-state index contributed by atoms with van der Waals surface area (Å²) in [5.41, 5.74) is 0.963. The smallest absolute Gasteiger partial charge is 0.324 e. The molecule has 3 N–H and O–H groups in total. The number of carboxylic acids is 2. The Labute approximate surface area is 124 Å². The van der Waals surface area contributed by atoms with Crippen molar-refractivity contribution >= 4 is 34.4 Å². The maximum atomic E-state index is 12.0. The highest BCUT2D eigenvalue weighted by Crippen LogP contribution is 2.29. The summed E-state index contributed by atoms with van der Waals surface area (Å²) in [6.07, 6.45) is 3.95. The van der Waals surface area contributed by atoms with E-state index in [1.54, 1.807) is 0 Å². The third kappa shape index (κ3) is 4.15. The number of nitrogens with zero attached hydrogens (tertiary/aromatic N) is 2. The molecule has 9 heteroatoms. The molecule has 0 saturated carbocycles. The fourth-order valence-corrected chi connectivity index (χ4v) is 3.14. The van der Waals surface area contributed by atoms with E-state index in [4.69, 9.17) is 10.2 Å². The first-order valence-corrected chi connectivity index (χ1v) is 7.25. The van der Waals surface area contributed by atoms with Crippen molar-refractivity contribution in [2.75, 3.05) is 18.4 Å². The Bertz CT molecular complexity index is 532. The summed E-state index contributed by atoms with van der Waals surface area (Å²) in [5, 5.41) is 20.3. The number of amides is 2. The minimum atomic E-state index is -1.27. The Hall–Kier alpha value is -2.16. The quantitative estimate of drug-likeness (QED) is 0.746. The summed E-state index contributed by atoms with van der Waals surface area (Å²) in [7, 11) is 0. The van der Waals surface area contributed by atoms with Crippen LogP contribution in [-0.4, -0.2) is 51.2 Å². The minimum Gasteiger partial charge on any atom is -0.480 e. The molecule has 2 rings (SSSR count). The number of anilines is 1. The van der Waals surface area contributed by atoms with Gasteiger partial charge in [0.05, 0.1) is 5.69 Å². The standard InChI is InChI=1S/C12H15N3O5S/c16-9(17)5-15(6-10(18)19)12(20)14-11-13-7-3-1-2-4-8(7)21-11/h1-6H2,(H,16,17)(H,18,19)(H,13,14,20). The summed E-state index contributed by atoms with van der Waals surface area (Å²) in [4.78, 5) is 39.4. The highest BCUT2D eigenvalue weighted by Gasteiger charge is 2.22. The van der Waals surface area contributed by atoms with Crippen LogP contribution in [0.4, 0.5) is 9.93 Å². The van der Waals surface area contributed by atoms with E-state index in [0.717, 1.165) is 36.3 Å². The Morgan fingerprint density at radius 2 is 1.76 bits per heavy atom. The van der Waals surface area contributed by atoms with Crippen molar-refractivity contribution in [3.63, 3.8) is 0 Å². The lowest BCUT2D eigenvalue weighted by Gasteiger charge is -2.17. The molecule has 8 nitrogen and oxygen atoms in total. The molecule has 0 radical (unpaired) electrons. The fraction of sp³-hybridized carbons (Fsp3) is 0.500. The van der Waals surface area contributed by atoms with Crippen LogP contribution in [0.2, 0.25) is 0 Å². The van der Waals surface area contributed by atoms with Gasteiger partial charge in [-0.15, -0.1) is 11.3 Å². The van der Waals surface area contributed by atoms with Gasteiger partial charge in [0.2, 0.25) is 0 Å². The maximum absolute atomic E-state index is 12.0. The van der Waals surface area contributed by atoms with Gasteiger partial charge >= 0.3 is 18.0 Å². The van der Waals surface area contributed by atoms with Crippen molar-refractivity contribution in [1.82, 2.24) is 9.88 Å². The van der Waals surface area contributed by atoms with Gasteiger partial charge in [-0.05, 0) is 25.7 Å². The summed E-state index contributed by atoms with van der Waals surface area (Å²) >= 11 is 1.35. The molecule has 0 spiro atoms. The molecule has 1 aromatic rings. The molecule has 1 aliphatic carbocycles. The maximum Gasteiger partial charge on any atom is 0.324 e. The van der Waals surface area contributed by atoms with Crippen molar-refractivity contribution < 1.29 is 24.6 Å². The van der Waals surface area contributed by atoms with Gasteiger partial charge in [-0.2, -0.15) is 0 Å². The first-order chi connectivity index (χ1) is 9.95. The van der Waals surface area contributed by atoms with Crippen LogP contribution < -0.4 is 5.32 Å². The van der Waals surface area contributed by atoms with Crippen LogP contribution in [0.25, 0.3) is 0 Å². The van der Waals surface area contributed by atoms with Crippen molar-refractivity contribution in [2.45, 2.75) is 25.7 Å². The first-order valence-electron chi connectivity index (χ1n) is 6.44. The van der Waals surface area contributed by atoms with Crippen LogP contribution >= 0.6 is 11.3 Å². The summed E-state index contributed by atoms with van der Waals surface area (Å²) in [6.45, 7) is -1.35. The average Bonchev–Trinajstić information content (AvgIpc) is 2.78. The van der Waals surface area contributed by atoms with Crippen molar-refractivity contribution in [1.29, 1.82) is 0 Å². The summed E-state index contributed by atoms with van der Waals surface area (Å²) in [5.74, 6) is -2.55. The zero-order valence-electron chi connectivity index (χ0n) is 11.2. The van der Waals surface area contributed by atoms with Crippen LogP contribution in [0, 0.1) is 0 Å². The van der Waals surface area contributed by atoms with E-state index in [1.165, 1.54) is 11.3 Å². The van der Waals surface area contributed by atoms with E-state index in [2.05, 4.69) is 10.3 Å². The van der Waals surface area contributed by atoms with Gasteiger partial charge in [0.1, 0.15) is 13.1 Å². The van der Waals surface area contributed by atoms with Crippen LogP contribution in [-0.2, 0) is 22.4 Å². The predicted molar refractivity (Wildman–Crippen MR) is 74.6 cm³/mol. The number of carboxylic acid groups (broad SMARTS) is 2. The number of hydrogen-bond acceptors (Lipinski definition) is 5. The molecule has 2 amide bonds. The Balaban J connectivity index is 2.05. The van der Waals surface area contributed by atoms with Crippen molar-refractivity contribution in [2.24, 2.45) is 0 Å². The number of hydrogen-bond donors (Lipinski definition) is 3. The number of fused-ring (bicyclic) bond motifs is 1. The van der Waals surface area contributed by atoms with E-state index < -0.39 is 31.1 Å². The van der Waals surface area contributed by atoms with Gasteiger partial charge in [0.25, 0.3) is 0 Å². The third-order valence-corrected chi connectivity index (χ3v) is 4.07. The second kappa shape index (κ2) is 6.53. The molecule has 0 fully saturated rings. The molecule has 0 atom stereocenters. The number of aryl methyl sites for hydroxylation is 2. The van der Waals surface area contributed by atoms with Gasteiger partial charge in [0.15, 0.2) is 5.13 Å². The Kier molecular flexibility index (Phi) is 4.73. The number of carbonyl (C=O) groups is 3. The number of rotatable bonds is 5. The third-order valence-electron chi connectivity index (χ3n) is 3.00. The van der Waals surface area contributed by atoms with E-state index in [9.17, 15) is 14.4 Å². The second-order valence-electron chi connectivity index (χ2n) is 4.67. The van der Waals surface area contributed by atoms with Gasteiger partial charge < -0.3 is 15.1 Å². The lowest BCUT2D eigenvalue weighted by atomic mass is 10.0. The summed E-state index contributed by atoms with van der Waals surface area (Å²) in [6, 6.07) is -0.772. The minimum absolute atomic E-state index is 0.382. The van der Waals surface area contributed by atoms with Crippen molar-refractivity contribution in [3.05, 3.63) is 10.6 Å². The normalized spacial score (nSPS) is 13.3. The summed E-state index contributed by atoms with van der Waals surface area (Å²) < 4.78 is 0. The molecule has 0 saturated heterocycles. The van der Waals surface area contributed by atoms with E-state index in [-0.39, 0.29) is 0 Å². The highest BCUT2D eigenvalue weighted by atomic mass is 32.1. The largest absolute Gasteiger partial charge is 0.480 e. The number of nitrogens with one attached hydrogen (secondary N) is 1. The van der Waals surface area contributed by atoms with Crippen LogP contribution in [0.15, 0.2) is 0 Å². The zero-order valence-corrected chi connectivity index (χ0v) is 12.0. The fourth-order valence-electron chi connectivity index (χ4n) is 2.10. The number of urea groups is 1. The highest BCUT2D eigenvalue weighted by molar-refractivity contribution is 7.15. The molecular formula is C12H15N3O5S. The van der Waals surface area contributed by atoms with E-state index in [0.29, 0.717) is 10.0 Å². The SMILES string of the molecule is O=C(O)CN(CC(=O)O)C(=O)Nc1nc2c(s1)CCCC2. The van der Waals surface area contributed by atoms with Crippen LogP contribution in [0.5, 0.6) is 0 Å². The van der Waals surface area contributed by atoms with Gasteiger partial charge in [-0.25, -0.2) is 9.78 Å². The van der Waals surface area contributed by atoms with Gasteiger partial charge in [-0.3, -0.25) is 14.9 Å². The average molecular weight is 313 g/mol. The predicted octanol–water partition coefficient (Wildman–Crippen LogP) is 1.02. The monoisotopic (exact) mass is 313 g/mol. The number of thiazole rings is 1. The van der Waals surface area contributed by atoms with Crippen LogP contribution in [0.1, 0.15) is 23.4 Å². The van der Waals surface area contributed by atoms with Crippen molar-refractivity contribution in [3.8, 4) is 0 Å². The molecule has 1 aromatic heterocycles. The molecule has 1 heterocycles. The molecule has 21 heavy (non-hydrogen) atoms.